The monoisotopic (exact) mass is 279 g/mol. The summed E-state index contributed by atoms with van der Waals surface area (Å²) in [6, 6.07) is 13.9. The maximum atomic E-state index is 13.2. The Hall–Kier alpha value is -1.42. The molecule has 0 fully saturated rings. The van der Waals surface area contributed by atoms with Crippen molar-refractivity contribution in [1.82, 2.24) is 5.32 Å². The van der Waals surface area contributed by atoms with E-state index in [0.29, 0.717) is 11.6 Å². The van der Waals surface area contributed by atoms with Gasteiger partial charge < -0.3 is 10.4 Å². The van der Waals surface area contributed by atoms with Crippen LogP contribution in [0, 0.1) is 5.82 Å². The van der Waals surface area contributed by atoms with E-state index < -0.39 is 0 Å². The van der Waals surface area contributed by atoms with Crippen LogP contribution in [0.2, 0.25) is 5.02 Å². The summed E-state index contributed by atoms with van der Waals surface area (Å²) in [5.74, 6) is -0.357. The maximum absolute atomic E-state index is 13.2. The Bertz CT molecular complexity index is 513. The third-order valence-corrected chi connectivity index (χ3v) is 3.08. The van der Waals surface area contributed by atoms with Crippen LogP contribution >= 0.6 is 11.6 Å². The number of benzene rings is 2. The molecule has 0 aliphatic carbocycles. The molecule has 0 heterocycles. The predicted molar refractivity (Wildman–Crippen MR) is 74.5 cm³/mol. The zero-order chi connectivity index (χ0) is 13.7. The molecule has 0 amide bonds. The van der Waals surface area contributed by atoms with Gasteiger partial charge in [-0.3, -0.25) is 0 Å². The van der Waals surface area contributed by atoms with E-state index in [1.54, 1.807) is 6.07 Å². The zero-order valence-electron chi connectivity index (χ0n) is 10.3. The minimum absolute atomic E-state index is 0.0208. The summed E-state index contributed by atoms with van der Waals surface area (Å²) in [6.07, 6.45) is 0. The summed E-state index contributed by atoms with van der Waals surface area (Å²) in [5, 5.41) is 13.0. The van der Waals surface area contributed by atoms with Crippen LogP contribution in [-0.2, 0) is 6.54 Å². The molecule has 100 valence electrons. The van der Waals surface area contributed by atoms with Crippen LogP contribution in [0.4, 0.5) is 4.39 Å². The van der Waals surface area contributed by atoms with Crippen molar-refractivity contribution >= 4 is 11.6 Å². The number of hydrogen-bond acceptors (Lipinski definition) is 2. The fourth-order valence-corrected chi connectivity index (χ4v) is 2.17. The van der Waals surface area contributed by atoms with Gasteiger partial charge in [-0.15, -0.1) is 0 Å². The Morgan fingerprint density at radius 1 is 1.16 bits per heavy atom. The first kappa shape index (κ1) is 14.0. The van der Waals surface area contributed by atoms with Crippen LogP contribution < -0.4 is 5.32 Å². The Balaban J connectivity index is 2.04. The fourth-order valence-electron chi connectivity index (χ4n) is 1.93. The first-order valence-electron chi connectivity index (χ1n) is 6.03. The molecule has 0 saturated heterocycles. The van der Waals surface area contributed by atoms with Gasteiger partial charge in [-0.2, -0.15) is 0 Å². The summed E-state index contributed by atoms with van der Waals surface area (Å²) < 4.78 is 13.2. The number of halogens is 2. The van der Waals surface area contributed by atoms with Crippen LogP contribution in [0.15, 0.2) is 48.5 Å². The Morgan fingerprint density at radius 3 is 2.53 bits per heavy atom. The van der Waals surface area contributed by atoms with Crippen molar-refractivity contribution in [2.45, 2.75) is 12.6 Å². The molecule has 0 unspecified atom stereocenters. The minimum atomic E-state index is -0.357. The number of hydrogen-bond donors (Lipinski definition) is 2. The minimum Gasteiger partial charge on any atom is -0.394 e. The van der Waals surface area contributed by atoms with Gasteiger partial charge in [0.15, 0.2) is 0 Å². The van der Waals surface area contributed by atoms with E-state index in [9.17, 15) is 9.50 Å². The van der Waals surface area contributed by atoms with E-state index in [-0.39, 0.29) is 18.5 Å². The van der Waals surface area contributed by atoms with Gasteiger partial charge in [-0.1, -0.05) is 41.9 Å². The summed E-state index contributed by atoms with van der Waals surface area (Å²) in [7, 11) is 0. The molecule has 2 rings (SSSR count). The van der Waals surface area contributed by atoms with Gasteiger partial charge >= 0.3 is 0 Å². The molecule has 2 N–H and O–H groups in total. The summed E-state index contributed by atoms with van der Waals surface area (Å²) in [5.41, 5.74) is 1.74. The van der Waals surface area contributed by atoms with E-state index in [2.05, 4.69) is 5.32 Å². The number of aliphatic hydroxyl groups is 1. The van der Waals surface area contributed by atoms with Crippen LogP contribution in [0.3, 0.4) is 0 Å². The highest BCUT2D eigenvalue weighted by Gasteiger charge is 2.09. The van der Waals surface area contributed by atoms with Crippen LogP contribution in [0.5, 0.6) is 0 Å². The van der Waals surface area contributed by atoms with E-state index in [4.69, 9.17) is 11.6 Å². The molecular weight excluding hydrogens is 265 g/mol. The Morgan fingerprint density at radius 2 is 1.89 bits per heavy atom. The highest BCUT2D eigenvalue weighted by atomic mass is 35.5. The van der Waals surface area contributed by atoms with E-state index >= 15 is 0 Å². The van der Waals surface area contributed by atoms with Crippen molar-refractivity contribution in [3.8, 4) is 0 Å². The quantitative estimate of drug-likeness (QED) is 0.880. The van der Waals surface area contributed by atoms with Gasteiger partial charge in [0.2, 0.25) is 0 Å². The van der Waals surface area contributed by atoms with E-state index in [1.807, 2.05) is 30.3 Å². The van der Waals surface area contributed by atoms with Crippen molar-refractivity contribution in [1.29, 1.82) is 0 Å². The highest BCUT2D eigenvalue weighted by Crippen LogP contribution is 2.16. The van der Waals surface area contributed by atoms with Gasteiger partial charge in [0.25, 0.3) is 0 Å². The number of nitrogens with one attached hydrogen (secondary N) is 1. The van der Waals surface area contributed by atoms with Crippen LogP contribution in [-0.4, -0.2) is 11.7 Å². The topological polar surface area (TPSA) is 32.3 Å². The molecule has 2 aromatic rings. The molecular formula is C15H15ClFNO. The molecule has 0 aliphatic heterocycles. The number of rotatable bonds is 5. The lowest BCUT2D eigenvalue weighted by Crippen LogP contribution is -2.24. The molecule has 0 aliphatic rings. The first-order valence-corrected chi connectivity index (χ1v) is 6.41. The van der Waals surface area contributed by atoms with Crippen molar-refractivity contribution < 1.29 is 9.50 Å². The molecule has 0 aromatic heterocycles. The Kier molecular flexibility index (Phi) is 4.91. The maximum Gasteiger partial charge on any atom is 0.125 e. The molecule has 0 spiro atoms. The standard InChI is InChI=1S/C15H15ClFNO/c16-13-6-11(7-14(17)8-13)9-18-15(10-19)12-4-2-1-3-5-12/h1-8,15,18-19H,9-10H2/t15-/m0/s1. The normalized spacial score (nSPS) is 12.4. The van der Waals surface area contributed by atoms with Crippen molar-refractivity contribution in [3.05, 3.63) is 70.5 Å². The largest absolute Gasteiger partial charge is 0.394 e. The van der Waals surface area contributed by atoms with Crippen LogP contribution in [0.1, 0.15) is 17.2 Å². The SMILES string of the molecule is OC[C@H](NCc1cc(F)cc(Cl)c1)c1ccccc1. The zero-order valence-corrected chi connectivity index (χ0v) is 11.1. The van der Waals surface area contributed by atoms with Gasteiger partial charge in [-0.05, 0) is 29.3 Å². The first-order chi connectivity index (χ1) is 9.19. The molecule has 0 radical (unpaired) electrons. The van der Waals surface area contributed by atoms with E-state index in [1.165, 1.54) is 12.1 Å². The molecule has 2 aromatic carbocycles. The lowest BCUT2D eigenvalue weighted by Gasteiger charge is -2.16. The average Bonchev–Trinajstić information content (AvgIpc) is 2.39. The second-order valence-electron chi connectivity index (χ2n) is 4.30. The smallest absolute Gasteiger partial charge is 0.125 e. The predicted octanol–water partition coefficient (Wildman–Crippen LogP) is 3.30. The third-order valence-electron chi connectivity index (χ3n) is 2.86. The molecule has 19 heavy (non-hydrogen) atoms. The van der Waals surface area contributed by atoms with Gasteiger partial charge in [-0.25, -0.2) is 4.39 Å². The van der Waals surface area contributed by atoms with Crippen molar-refractivity contribution in [2.24, 2.45) is 0 Å². The second-order valence-corrected chi connectivity index (χ2v) is 4.74. The lowest BCUT2D eigenvalue weighted by molar-refractivity contribution is 0.243. The lowest BCUT2D eigenvalue weighted by atomic mass is 10.1. The second kappa shape index (κ2) is 6.66. The summed E-state index contributed by atoms with van der Waals surface area (Å²) >= 11 is 5.80. The highest BCUT2D eigenvalue weighted by molar-refractivity contribution is 6.30. The number of aliphatic hydroxyl groups excluding tert-OH is 1. The molecule has 4 heteroatoms. The summed E-state index contributed by atoms with van der Waals surface area (Å²) in [6.45, 7) is 0.421. The average molecular weight is 280 g/mol. The fraction of sp³-hybridized carbons (Fsp3) is 0.200. The third kappa shape index (κ3) is 4.03. The van der Waals surface area contributed by atoms with Crippen LogP contribution in [0.25, 0.3) is 0 Å². The van der Waals surface area contributed by atoms with Gasteiger partial charge in [0, 0.05) is 11.6 Å². The molecule has 2 nitrogen and oxygen atoms in total. The van der Waals surface area contributed by atoms with Gasteiger partial charge in [0.05, 0.1) is 12.6 Å². The molecule has 1 atom stereocenters. The Labute approximate surface area is 116 Å². The van der Waals surface area contributed by atoms with Crippen molar-refractivity contribution in [2.75, 3.05) is 6.61 Å². The molecule has 0 saturated carbocycles. The summed E-state index contributed by atoms with van der Waals surface area (Å²) in [4.78, 5) is 0. The molecule has 0 bridgehead atoms. The van der Waals surface area contributed by atoms with Gasteiger partial charge in [0.1, 0.15) is 5.82 Å². The van der Waals surface area contributed by atoms with Crippen molar-refractivity contribution in [3.63, 3.8) is 0 Å². The van der Waals surface area contributed by atoms with E-state index in [0.717, 1.165) is 11.1 Å².